The Bertz CT molecular complexity index is 549. The first kappa shape index (κ1) is 14.3. The Morgan fingerprint density at radius 2 is 1.70 bits per heavy atom. The number of aryl methyl sites for hydroxylation is 1. The van der Waals surface area contributed by atoms with Gasteiger partial charge in [0.05, 0.1) is 0 Å². The zero-order valence-electron chi connectivity index (χ0n) is 11.5. The number of hydrogen-bond acceptors (Lipinski definition) is 2. The molecular weight excluding hydrogens is 250 g/mol. The van der Waals surface area contributed by atoms with Crippen LogP contribution in [-0.4, -0.2) is 11.1 Å². The van der Waals surface area contributed by atoms with Gasteiger partial charge in [-0.3, -0.25) is 10.1 Å². The molecule has 0 saturated heterocycles. The van der Waals surface area contributed by atoms with Crippen LogP contribution in [0.4, 0.5) is 0 Å². The second kappa shape index (κ2) is 6.87. The Hall–Kier alpha value is -2.13. The molecule has 0 heterocycles. The molecule has 0 aliphatic rings. The predicted molar refractivity (Wildman–Crippen MR) is 79.5 cm³/mol. The molecule has 0 aliphatic carbocycles. The van der Waals surface area contributed by atoms with Gasteiger partial charge in [-0.05, 0) is 23.1 Å². The van der Waals surface area contributed by atoms with Crippen LogP contribution in [0.2, 0.25) is 0 Å². The normalized spacial score (nSPS) is 12.1. The predicted octanol–water partition coefficient (Wildman–Crippen LogP) is 3.16. The number of aliphatic carboxylic acids is 1. The largest absolute Gasteiger partial charge is 0.480 e. The van der Waals surface area contributed by atoms with Crippen LogP contribution in [0.1, 0.15) is 29.7 Å². The van der Waals surface area contributed by atoms with Gasteiger partial charge in [0.15, 0.2) is 0 Å². The molecule has 2 aromatic rings. The summed E-state index contributed by atoms with van der Waals surface area (Å²) in [5.74, 6) is -0.856. The van der Waals surface area contributed by atoms with Gasteiger partial charge in [-0.2, -0.15) is 0 Å². The Morgan fingerprint density at radius 3 is 2.25 bits per heavy atom. The molecule has 0 fully saturated rings. The van der Waals surface area contributed by atoms with Crippen molar-refractivity contribution in [2.45, 2.75) is 25.9 Å². The van der Waals surface area contributed by atoms with E-state index in [0.717, 1.165) is 17.5 Å². The highest BCUT2D eigenvalue weighted by atomic mass is 16.4. The Morgan fingerprint density at radius 1 is 1.05 bits per heavy atom. The lowest BCUT2D eigenvalue weighted by Gasteiger charge is -2.15. The number of hydrogen-bond donors (Lipinski definition) is 2. The minimum absolute atomic E-state index is 0.535. The molecule has 0 radical (unpaired) electrons. The maximum absolute atomic E-state index is 11.4. The van der Waals surface area contributed by atoms with E-state index in [-0.39, 0.29) is 0 Å². The average molecular weight is 269 g/mol. The molecule has 0 aliphatic heterocycles. The van der Waals surface area contributed by atoms with E-state index in [4.69, 9.17) is 0 Å². The molecule has 0 spiro atoms. The zero-order valence-corrected chi connectivity index (χ0v) is 11.5. The van der Waals surface area contributed by atoms with Gasteiger partial charge in [-0.25, -0.2) is 0 Å². The molecule has 2 N–H and O–H groups in total. The van der Waals surface area contributed by atoms with Crippen LogP contribution in [-0.2, 0) is 17.8 Å². The van der Waals surface area contributed by atoms with Crippen LogP contribution in [0.3, 0.4) is 0 Å². The Balaban J connectivity index is 2.08. The minimum Gasteiger partial charge on any atom is -0.480 e. The third-order valence-electron chi connectivity index (χ3n) is 3.32. The smallest absolute Gasteiger partial charge is 0.325 e. The van der Waals surface area contributed by atoms with Gasteiger partial charge < -0.3 is 5.11 Å². The maximum atomic E-state index is 11.4. The van der Waals surface area contributed by atoms with E-state index in [1.807, 2.05) is 54.6 Å². The Kier molecular flexibility index (Phi) is 4.91. The summed E-state index contributed by atoms with van der Waals surface area (Å²) in [6.45, 7) is 2.62. The molecule has 2 rings (SSSR count). The molecule has 1 atom stereocenters. The first-order valence-electron chi connectivity index (χ1n) is 6.79. The monoisotopic (exact) mass is 269 g/mol. The molecule has 0 bridgehead atoms. The molecular formula is C17H19NO2. The van der Waals surface area contributed by atoms with E-state index >= 15 is 0 Å². The summed E-state index contributed by atoms with van der Waals surface area (Å²) in [6.07, 6.45) is 0.954. The summed E-state index contributed by atoms with van der Waals surface area (Å²) < 4.78 is 0. The van der Waals surface area contributed by atoms with E-state index in [9.17, 15) is 9.90 Å². The lowest BCUT2D eigenvalue weighted by molar-refractivity contribution is -0.139. The van der Waals surface area contributed by atoms with Gasteiger partial charge in [0, 0.05) is 6.54 Å². The van der Waals surface area contributed by atoms with Crippen molar-refractivity contribution in [3.8, 4) is 0 Å². The third kappa shape index (κ3) is 3.68. The van der Waals surface area contributed by atoms with Gasteiger partial charge >= 0.3 is 5.97 Å². The molecule has 0 amide bonds. The lowest BCUT2D eigenvalue weighted by Crippen LogP contribution is -2.28. The molecule has 0 saturated carbocycles. The van der Waals surface area contributed by atoms with Crippen LogP contribution in [0, 0.1) is 0 Å². The van der Waals surface area contributed by atoms with Crippen molar-refractivity contribution in [1.29, 1.82) is 0 Å². The van der Waals surface area contributed by atoms with Gasteiger partial charge in [0.25, 0.3) is 0 Å². The van der Waals surface area contributed by atoms with Crippen LogP contribution < -0.4 is 5.32 Å². The summed E-state index contributed by atoms with van der Waals surface area (Å²) in [4.78, 5) is 11.4. The SMILES string of the molecule is CCc1ccc(C(NCc2ccccc2)C(=O)O)cc1. The molecule has 3 nitrogen and oxygen atoms in total. The van der Waals surface area contributed by atoms with Crippen LogP contribution in [0.5, 0.6) is 0 Å². The fraction of sp³-hybridized carbons (Fsp3) is 0.235. The fourth-order valence-electron chi connectivity index (χ4n) is 2.11. The van der Waals surface area contributed by atoms with Crippen molar-refractivity contribution in [3.05, 3.63) is 71.3 Å². The number of benzene rings is 2. The topological polar surface area (TPSA) is 49.3 Å². The van der Waals surface area contributed by atoms with Crippen molar-refractivity contribution in [2.75, 3.05) is 0 Å². The van der Waals surface area contributed by atoms with E-state index < -0.39 is 12.0 Å². The summed E-state index contributed by atoms with van der Waals surface area (Å²) in [5, 5.41) is 12.5. The Labute approximate surface area is 119 Å². The maximum Gasteiger partial charge on any atom is 0.325 e. The molecule has 2 aromatic carbocycles. The fourth-order valence-corrected chi connectivity index (χ4v) is 2.11. The van der Waals surface area contributed by atoms with E-state index in [1.54, 1.807) is 0 Å². The van der Waals surface area contributed by atoms with Gasteiger partial charge in [-0.1, -0.05) is 61.5 Å². The van der Waals surface area contributed by atoms with Gasteiger partial charge in [0.1, 0.15) is 6.04 Å². The second-order valence-corrected chi connectivity index (χ2v) is 4.73. The van der Waals surface area contributed by atoms with E-state index in [0.29, 0.717) is 6.54 Å². The summed E-state index contributed by atoms with van der Waals surface area (Å²) in [6, 6.07) is 16.8. The standard InChI is InChI=1S/C17H19NO2/c1-2-13-8-10-15(11-9-13)16(17(19)20)18-12-14-6-4-3-5-7-14/h3-11,16,18H,2,12H2,1H3,(H,19,20). The number of rotatable bonds is 6. The van der Waals surface area contributed by atoms with Crippen LogP contribution in [0.25, 0.3) is 0 Å². The highest BCUT2D eigenvalue weighted by molar-refractivity contribution is 5.75. The minimum atomic E-state index is -0.856. The highest BCUT2D eigenvalue weighted by Crippen LogP contribution is 2.15. The van der Waals surface area contributed by atoms with Crippen molar-refractivity contribution in [1.82, 2.24) is 5.32 Å². The third-order valence-corrected chi connectivity index (χ3v) is 3.32. The molecule has 3 heteroatoms. The molecule has 0 aromatic heterocycles. The summed E-state index contributed by atoms with van der Waals surface area (Å²) >= 11 is 0. The molecule has 1 unspecified atom stereocenters. The van der Waals surface area contributed by atoms with Crippen molar-refractivity contribution >= 4 is 5.97 Å². The number of carboxylic acids is 1. The summed E-state index contributed by atoms with van der Waals surface area (Å²) in [5.41, 5.74) is 3.07. The lowest BCUT2D eigenvalue weighted by atomic mass is 10.0. The van der Waals surface area contributed by atoms with Crippen LogP contribution >= 0.6 is 0 Å². The van der Waals surface area contributed by atoms with Gasteiger partial charge in [0.2, 0.25) is 0 Å². The molecule has 20 heavy (non-hydrogen) atoms. The highest BCUT2D eigenvalue weighted by Gasteiger charge is 2.18. The number of carboxylic acid groups (broad SMARTS) is 1. The van der Waals surface area contributed by atoms with Crippen LogP contribution in [0.15, 0.2) is 54.6 Å². The quantitative estimate of drug-likeness (QED) is 0.847. The molecule has 104 valence electrons. The van der Waals surface area contributed by atoms with Crippen molar-refractivity contribution in [2.24, 2.45) is 0 Å². The van der Waals surface area contributed by atoms with E-state index in [1.165, 1.54) is 5.56 Å². The van der Waals surface area contributed by atoms with E-state index in [2.05, 4.69) is 12.2 Å². The number of nitrogens with one attached hydrogen (secondary N) is 1. The number of carbonyl (C=O) groups is 1. The average Bonchev–Trinajstić information content (AvgIpc) is 2.49. The first-order valence-corrected chi connectivity index (χ1v) is 6.79. The van der Waals surface area contributed by atoms with Crippen molar-refractivity contribution < 1.29 is 9.90 Å². The van der Waals surface area contributed by atoms with Crippen molar-refractivity contribution in [3.63, 3.8) is 0 Å². The second-order valence-electron chi connectivity index (χ2n) is 4.73. The zero-order chi connectivity index (χ0) is 14.4. The van der Waals surface area contributed by atoms with Gasteiger partial charge in [-0.15, -0.1) is 0 Å². The summed E-state index contributed by atoms with van der Waals surface area (Å²) in [7, 11) is 0. The first-order chi connectivity index (χ1) is 9.70.